The van der Waals surface area contributed by atoms with Crippen LogP contribution >= 0.6 is 0 Å². The smallest absolute Gasteiger partial charge is 0.296 e. The Morgan fingerprint density at radius 3 is 2.36 bits per heavy atom. The summed E-state index contributed by atoms with van der Waals surface area (Å²) in [6.07, 6.45) is 1.23. The maximum Gasteiger partial charge on any atom is 0.296 e. The molecule has 0 bridgehead atoms. The molecule has 176 valence electrons. The van der Waals surface area contributed by atoms with Gasteiger partial charge < -0.3 is 14.5 Å². The largest absolute Gasteiger partial charge is 0.496 e. The van der Waals surface area contributed by atoms with E-state index < -0.39 is 14.9 Å². The summed E-state index contributed by atoms with van der Waals surface area (Å²) in [5, 5.41) is 11.5. The summed E-state index contributed by atoms with van der Waals surface area (Å²) >= 11 is 0. The maximum atomic E-state index is 13.4. The SMILES string of the molecule is COc1ccc(N2CCN(S(=O)(=O)c3cc(N4CCCC4=O)ccc3C)CC2)c([N+](=O)[O-])c1. The molecule has 0 aliphatic carbocycles. The molecule has 0 spiro atoms. The fourth-order valence-electron chi connectivity index (χ4n) is 4.31. The number of methoxy groups -OCH3 is 1. The minimum atomic E-state index is -3.79. The lowest BCUT2D eigenvalue weighted by Gasteiger charge is -2.35. The molecule has 4 rings (SSSR count). The number of rotatable bonds is 6. The van der Waals surface area contributed by atoms with Gasteiger partial charge in [0.25, 0.3) is 5.69 Å². The van der Waals surface area contributed by atoms with E-state index in [-0.39, 0.29) is 29.6 Å². The third kappa shape index (κ3) is 4.38. The molecule has 0 radical (unpaired) electrons. The number of anilines is 2. The van der Waals surface area contributed by atoms with Gasteiger partial charge in [-0.15, -0.1) is 0 Å². The molecule has 0 atom stereocenters. The third-order valence-electron chi connectivity index (χ3n) is 6.13. The Bertz CT molecular complexity index is 1190. The van der Waals surface area contributed by atoms with Crippen molar-refractivity contribution in [3.05, 3.63) is 52.1 Å². The number of nitro groups is 1. The highest BCUT2D eigenvalue weighted by molar-refractivity contribution is 7.89. The topological polar surface area (TPSA) is 113 Å². The van der Waals surface area contributed by atoms with E-state index in [1.54, 1.807) is 42.2 Å². The number of aryl methyl sites for hydroxylation is 1. The van der Waals surface area contributed by atoms with Gasteiger partial charge in [0, 0.05) is 44.8 Å². The number of piperazine rings is 1. The number of hydrogen-bond acceptors (Lipinski definition) is 7. The molecule has 11 heteroatoms. The lowest BCUT2D eigenvalue weighted by atomic mass is 10.2. The monoisotopic (exact) mass is 474 g/mol. The van der Waals surface area contributed by atoms with Crippen LogP contribution in [0.15, 0.2) is 41.3 Å². The molecule has 2 saturated heterocycles. The number of sulfonamides is 1. The zero-order chi connectivity index (χ0) is 23.8. The van der Waals surface area contributed by atoms with Crippen molar-refractivity contribution in [2.24, 2.45) is 0 Å². The predicted octanol–water partition coefficient (Wildman–Crippen LogP) is 2.55. The first-order chi connectivity index (χ1) is 15.7. The molecule has 2 fully saturated rings. The second kappa shape index (κ2) is 8.99. The number of amides is 1. The summed E-state index contributed by atoms with van der Waals surface area (Å²) < 4.78 is 33.4. The summed E-state index contributed by atoms with van der Waals surface area (Å²) in [5.74, 6) is 0.385. The summed E-state index contributed by atoms with van der Waals surface area (Å²) in [6, 6.07) is 9.73. The Hall–Kier alpha value is -3.18. The Morgan fingerprint density at radius 2 is 1.76 bits per heavy atom. The average Bonchev–Trinajstić information content (AvgIpc) is 3.24. The Morgan fingerprint density at radius 1 is 1.03 bits per heavy atom. The van der Waals surface area contributed by atoms with Gasteiger partial charge in [0.05, 0.1) is 23.0 Å². The van der Waals surface area contributed by atoms with Crippen LogP contribution < -0.4 is 14.5 Å². The molecular weight excluding hydrogens is 448 g/mol. The summed E-state index contributed by atoms with van der Waals surface area (Å²) in [6.45, 7) is 3.33. The normalized spacial score (nSPS) is 17.5. The van der Waals surface area contributed by atoms with Gasteiger partial charge in [-0.3, -0.25) is 14.9 Å². The van der Waals surface area contributed by atoms with Crippen molar-refractivity contribution in [2.75, 3.05) is 49.6 Å². The molecule has 0 aromatic heterocycles. The first-order valence-corrected chi connectivity index (χ1v) is 12.1. The van der Waals surface area contributed by atoms with Crippen molar-refractivity contribution in [3.63, 3.8) is 0 Å². The van der Waals surface area contributed by atoms with Crippen LogP contribution in [0.5, 0.6) is 5.75 Å². The van der Waals surface area contributed by atoms with Crippen molar-refractivity contribution in [1.29, 1.82) is 0 Å². The van der Waals surface area contributed by atoms with Crippen LogP contribution in [-0.2, 0) is 14.8 Å². The summed E-state index contributed by atoms with van der Waals surface area (Å²) in [5.41, 5.74) is 1.56. The zero-order valence-electron chi connectivity index (χ0n) is 18.6. The summed E-state index contributed by atoms with van der Waals surface area (Å²) in [7, 11) is -2.35. The van der Waals surface area contributed by atoms with Crippen LogP contribution in [0.3, 0.4) is 0 Å². The molecule has 1 amide bonds. The van der Waals surface area contributed by atoms with E-state index in [1.165, 1.54) is 17.5 Å². The first kappa shape index (κ1) is 23.0. The molecule has 0 saturated carbocycles. The van der Waals surface area contributed by atoms with Crippen LogP contribution in [0, 0.1) is 17.0 Å². The Kier molecular flexibility index (Phi) is 6.26. The maximum absolute atomic E-state index is 13.4. The lowest BCUT2D eigenvalue weighted by Crippen LogP contribution is -2.49. The van der Waals surface area contributed by atoms with Crippen molar-refractivity contribution in [2.45, 2.75) is 24.7 Å². The van der Waals surface area contributed by atoms with Gasteiger partial charge in [-0.1, -0.05) is 6.07 Å². The number of nitrogens with zero attached hydrogens (tertiary/aromatic N) is 4. The lowest BCUT2D eigenvalue weighted by molar-refractivity contribution is -0.384. The van der Waals surface area contributed by atoms with Gasteiger partial charge in [-0.2, -0.15) is 4.31 Å². The molecule has 2 aromatic rings. The molecule has 2 aromatic carbocycles. The highest BCUT2D eigenvalue weighted by Crippen LogP contribution is 2.34. The van der Waals surface area contributed by atoms with Gasteiger partial charge in [0.2, 0.25) is 15.9 Å². The van der Waals surface area contributed by atoms with E-state index in [1.807, 2.05) is 4.90 Å². The molecule has 10 nitrogen and oxygen atoms in total. The Balaban J connectivity index is 1.55. The number of nitro benzene ring substituents is 1. The predicted molar refractivity (Wildman–Crippen MR) is 123 cm³/mol. The van der Waals surface area contributed by atoms with Gasteiger partial charge in [-0.05, 0) is 43.2 Å². The molecule has 2 aliphatic heterocycles. The number of benzene rings is 2. The van der Waals surface area contributed by atoms with Gasteiger partial charge in [0.15, 0.2) is 0 Å². The van der Waals surface area contributed by atoms with Crippen molar-refractivity contribution >= 4 is 33.0 Å². The van der Waals surface area contributed by atoms with E-state index in [0.717, 1.165) is 6.42 Å². The molecule has 0 N–H and O–H groups in total. The molecule has 33 heavy (non-hydrogen) atoms. The molecular formula is C22H26N4O6S. The van der Waals surface area contributed by atoms with Gasteiger partial charge in [-0.25, -0.2) is 8.42 Å². The van der Waals surface area contributed by atoms with Crippen LogP contribution in [-0.4, -0.2) is 63.4 Å². The number of carbonyl (C=O) groups excluding carboxylic acids is 1. The van der Waals surface area contributed by atoms with E-state index in [2.05, 4.69) is 0 Å². The van der Waals surface area contributed by atoms with Crippen molar-refractivity contribution < 1.29 is 22.9 Å². The van der Waals surface area contributed by atoms with Crippen LogP contribution in [0.4, 0.5) is 17.1 Å². The highest BCUT2D eigenvalue weighted by Gasteiger charge is 2.33. The van der Waals surface area contributed by atoms with E-state index in [0.29, 0.717) is 48.7 Å². The van der Waals surface area contributed by atoms with Crippen molar-refractivity contribution in [3.8, 4) is 5.75 Å². The first-order valence-electron chi connectivity index (χ1n) is 10.7. The minimum absolute atomic E-state index is 0.00287. The second-order valence-electron chi connectivity index (χ2n) is 8.10. The van der Waals surface area contributed by atoms with Gasteiger partial charge in [0.1, 0.15) is 11.4 Å². The van der Waals surface area contributed by atoms with Crippen LogP contribution in [0.25, 0.3) is 0 Å². The standard InChI is InChI=1S/C22H26N4O6S/c1-16-5-6-17(25-9-3-4-22(25)27)14-21(16)33(30,31)24-12-10-23(11-13-24)19-8-7-18(32-2)15-20(19)26(28)29/h5-8,14-15H,3-4,9-13H2,1-2H3. The minimum Gasteiger partial charge on any atom is -0.496 e. The van der Waals surface area contributed by atoms with Crippen molar-refractivity contribution in [1.82, 2.24) is 4.31 Å². The third-order valence-corrected chi connectivity index (χ3v) is 8.17. The Labute approximate surface area is 192 Å². The second-order valence-corrected chi connectivity index (χ2v) is 10.0. The van der Waals surface area contributed by atoms with E-state index in [4.69, 9.17) is 4.74 Å². The fourth-order valence-corrected chi connectivity index (χ4v) is 5.97. The molecule has 2 heterocycles. The summed E-state index contributed by atoms with van der Waals surface area (Å²) in [4.78, 5) is 26.8. The quantitative estimate of drug-likeness (QED) is 0.467. The number of ether oxygens (including phenoxy) is 1. The average molecular weight is 475 g/mol. The zero-order valence-corrected chi connectivity index (χ0v) is 19.4. The fraction of sp³-hybridized carbons (Fsp3) is 0.409. The van der Waals surface area contributed by atoms with Gasteiger partial charge >= 0.3 is 0 Å². The van der Waals surface area contributed by atoms with Crippen LogP contribution in [0.2, 0.25) is 0 Å². The molecule has 2 aliphatic rings. The molecule has 0 unspecified atom stereocenters. The number of hydrogen-bond donors (Lipinski definition) is 0. The van der Waals surface area contributed by atoms with E-state index in [9.17, 15) is 23.3 Å². The highest BCUT2D eigenvalue weighted by atomic mass is 32.2. The van der Waals surface area contributed by atoms with E-state index >= 15 is 0 Å². The van der Waals surface area contributed by atoms with Crippen LogP contribution in [0.1, 0.15) is 18.4 Å². The number of carbonyl (C=O) groups is 1.